The molecule has 3 rings (SSSR count). The summed E-state index contributed by atoms with van der Waals surface area (Å²) in [6.07, 6.45) is 0. The van der Waals surface area contributed by atoms with E-state index in [4.69, 9.17) is 38.6 Å². The summed E-state index contributed by atoms with van der Waals surface area (Å²) in [6, 6.07) is 9.86. The molecule has 10 heteroatoms. The number of aliphatic hydroxyl groups is 2. The van der Waals surface area contributed by atoms with E-state index in [2.05, 4.69) is 0 Å². The molecule has 0 saturated heterocycles. The summed E-state index contributed by atoms with van der Waals surface area (Å²) in [6.45, 7) is 2.81. The van der Waals surface area contributed by atoms with Gasteiger partial charge < -0.3 is 38.6 Å². The van der Waals surface area contributed by atoms with Crippen molar-refractivity contribution >= 4 is 11.6 Å². The largest absolute Gasteiger partial charge is 0.490 e. The standard InChI is InChI=1S/C26H32O10/c27-7-9-31-11-13-33-15-17-35-21-5-1-3-19-23(21)26(30)20-4-2-6-22(24(20)25(19)29)36-18-16-34-14-12-32-10-8-28/h1-6,27-28H,7-18H2. The van der Waals surface area contributed by atoms with Gasteiger partial charge in [-0.1, -0.05) is 24.3 Å². The van der Waals surface area contributed by atoms with E-state index in [1.54, 1.807) is 36.4 Å². The lowest BCUT2D eigenvalue weighted by Gasteiger charge is -2.22. The maximum Gasteiger partial charge on any atom is 0.198 e. The SMILES string of the molecule is O=C1c2cccc(OCCOCCOCCO)c2C(=O)c2cccc(OCCOCCOCCO)c21. The van der Waals surface area contributed by atoms with Crippen molar-refractivity contribution in [3.8, 4) is 11.5 Å². The molecule has 0 spiro atoms. The Labute approximate surface area is 209 Å². The zero-order chi connectivity index (χ0) is 25.6. The maximum atomic E-state index is 13.4. The number of ether oxygens (including phenoxy) is 6. The first-order valence-electron chi connectivity index (χ1n) is 11.8. The number of carbonyl (C=O) groups is 2. The van der Waals surface area contributed by atoms with Gasteiger partial charge in [0.1, 0.15) is 24.7 Å². The van der Waals surface area contributed by atoms with Gasteiger partial charge in [0, 0.05) is 11.1 Å². The van der Waals surface area contributed by atoms with Crippen molar-refractivity contribution in [2.24, 2.45) is 0 Å². The van der Waals surface area contributed by atoms with Crippen molar-refractivity contribution in [2.75, 3.05) is 79.3 Å². The zero-order valence-electron chi connectivity index (χ0n) is 20.1. The Hall–Kier alpha value is -2.86. The van der Waals surface area contributed by atoms with Crippen LogP contribution in [0.15, 0.2) is 36.4 Å². The number of aliphatic hydroxyl groups excluding tert-OH is 2. The van der Waals surface area contributed by atoms with Crippen LogP contribution in [0.25, 0.3) is 0 Å². The van der Waals surface area contributed by atoms with E-state index < -0.39 is 0 Å². The molecular formula is C26H32O10. The second-order valence-corrected chi connectivity index (χ2v) is 7.61. The van der Waals surface area contributed by atoms with Gasteiger partial charge in [-0.05, 0) is 12.1 Å². The summed E-state index contributed by atoms with van der Waals surface area (Å²) in [7, 11) is 0. The second-order valence-electron chi connectivity index (χ2n) is 7.61. The summed E-state index contributed by atoms with van der Waals surface area (Å²) in [5.74, 6) is 0.0204. The number of hydrogen-bond acceptors (Lipinski definition) is 10. The van der Waals surface area contributed by atoms with Crippen LogP contribution in [0, 0.1) is 0 Å². The Morgan fingerprint density at radius 3 is 1.25 bits per heavy atom. The molecule has 0 radical (unpaired) electrons. The summed E-state index contributed by atoms with van der Waals surface area (Å²) in [5, 5.41) is 17.4. The number of fused-ring (bicyclic) bond motifs is 2. The number of benzene rings is 2. The van der Waals surface area contributed by atoms with E-state index in [1.165, 1.54) is 0 Å². The van der Waals surface area contributed by atoms with Gasteiger partial charge in [0.05, 0.1) is 77.2 Å². The first-order valence-corrected chi connectivity index (χ1v) is 11.8. The van der Waals surface area contributed by atoms with Crippen LogP contribution in [0.3, 0.4) is 0 Å². The molecule has 2 aromatic carbocycles. The summed E-state index contributed by atoms with van der Waals surface area (Å²) in [5.41, 5.74) is 0.975. The summed E-state index contributed by atoms with van der Waals surface area (Å²) < 4.78 is 32.6. The Bertz CT molecular complexity index is 911. The zero-order valence-corrected chi connectivity index (χ0v) is 20.1. The second kappa shape index (κ2) is 15.3. The van der Waals surface area contributed by atoms with Crippen molar-refractivity contribution < 1.29 is 48.2 Å². The number of carbonyl (C=O) groups excluding carboxylic acids is 2. The van der Waals surface area contributed by atoms with Crippen LogP contribution in [-0.4, -0.2) is 101 Å². The van der Waals surface area contributed by atoms with Gasteiger partial charge >= 0.3 is 0 Å². The van der Waals surface area contributed by atoms with E-state index in [0.29, 0.717) is 37.9 Å². The molecule has 196 valence electrons. The van der Waals surface area contributed by atoms with Gasteiger partial charge in [-0.15, -0.1) is 0 Å². The highest BCUT2D eigenvalue weighted by molar-refractivity contribution is 6.30. The first-order chi connectivity index (χ1) is 17.7. The van der Waals surface area contributed by atoms with Crippen LogP contribution < -0.4 is 9.47 Å². The molecule has 2 aromatic rings. The molecular weight excluding hydrogens is 472 g/mol. The molecule has 1 aliphatic rings. The molecule has 0 amide bonds. The molecule has 0 heterocycles. The highest BCUT2D eigenvalue weighted by atomic mass is 16.6. The van der Waals surface area contributed by atoms with Crippen LogP contribution in [0.4, 0.5) is 0 Å². The molecule has 0 aliphatic heterocycles. The van der Waals surface area contributed by atoms with Gasteiger partial charge in [0.15, 0.2) is 11.6 Å². The molecule has 0 unspecified atom stereocenters. The van der Waals surface area contributed by atoms with E-state index >= 15 is 0 Å². The fourth-order valence-electron chi connectivity index (χ4n) is 3.61. The van der Waals surface area contributed by atoms with Crippen molar-refractivity contribution in [3.05, 3.63) is 58.7 Å². The lowest BCUT2D eigenvalue weighted by molar-refractivity contribution is 0.0246. The molecule has 36 heavy (non-hydrogen) atoms. The van der Waals surface area contributed by atoms with Crippen LogP contribution in [0.2, 0.25) is 0 Å². The number of hydrogen-bond donors (Lipinski definition) is 2. The minimum Gasteiger partial charge on any atom is -0.490 e. The lowest BCUT2D eigenvalue weighted by Crippen LogP contribution is -2.23. The Balaban J connectivity index is 1.59. The number of ketones is 2. The van der Waals surface area contributed by atoms with Crippen molar-refractivity contribution in [1.82, 2.24) is 0 Å². The maximum absolute atomic E-state index is 13.4. The van der Waals surface area contributed by atoms with Gasteiger partial charge in [0.2, 0.25) is 0 Å². The minimum atomic E-state index is -0.309. The van der Waals surface area contributed by atoms with E-state index in [1.807, 2.05) is 0 Å². The monoisotopic (exact) mass is 504 g/mol. The lowest BCUT2D eigenvalue weighted by atomic mass is 9.83. The molecule has 0 fully saturated rings. The topological polar surface area (TPSA) is 130 Å². The number of rotatable bonds is 18. The molecule has 0 aromatic heterocycles. The fourth-order valence-corrected chi connectivity index (χ4v) is 3.61. The third-order valence-corrected chi connectivity index (χ3v) is 5.18. The van der Waals surface area contributed by atoms with Crippen molar-refractivity contribution in [2.45, 2.75) is 0 Å². The van der Waals surface area contributed by atoms with E-state index in [9.17, 15) is 9.59 Å². The average molecular weight is 505 g/mol. The van der Waals surface area contributed by atoms with Gasteiger partial charge in [-0.3, -0.25) is 9.59 Å². The first kappa shape index (κ1) is 27.7. The molecule has 0 atom stereocenters. The van der Waals surface area contributed by atoms with Crippen LogP contribution in [0.5, 0.6) is 11.5 Å². The molecule has 10 nitrogen and oxygen atoms in total. The minimum absolute atomic E-state index is 0.0390. The van der Waals surface area contributed by atoms with Crippen LogP contribution in [0.1, 0.15) is 31.8 Å². The summed E-state index contributed by atoms with van der Waals surface area (Å²) in [4.78, 5) is 26.7. The van der Waals surface area contributed by atoms with Gasteiger partial charge in [-0.2, -0.15) is 0 Å². The predicted octanol–water partition coefficient (Wildman–Crippen LogP) is 1.27. The smallest absolute Gasteiger partial charge is 0.198 e. The third-order valence-electron chi connectivity index (χ3n) is 5.18. The molecule has 2 N–H and O–H groups in total. The molecule has 0 saturated carbocycles. The fraction of sp³-hybridized carbons (Fsp3) is 0.462. The summed E-state index contributed by atoms with van der Waals surface area (Å²) >= 11 is 0. The normalized spacial score (nSPS) is 12.4. The highest BCUT2D eigenvalue weighted by Gasteiger charge is 2.34. The Kier molecular flexibility index (Phi) is 11.8. The molecule has 0 bridgehead atoms. The predicted molar refractivity (Wildman–Crippen MR) is 128 cm³/mol. The highest BCUT2D eigenvalue weighted by Crippen LogP contribution is 2.37. The van der Waals surface area contributed by atoms with Crippen LogP contribution in [-0.2, 0) is 18.9 Å². The van der Waals surface area contributed by atoms with Gasteiger partial charge in [-0.25, -0.2) is 0 Å². The average Bonchev–Trinajstić information content (AvgIpc) is 2.90. The van der Waals surface area contributed by atoms with Crippen molar-refractivity contribution in [3.63, 3.8) is 0 Å². The van der Waals surface area contributed by atoms with Gasteiger partial charge in [0.25, 0.3) is 0 Å². The quantitative estimate of drug-likeness (QED) is 0.244. The van der Waals surface area contributed by atoms with Crippen LogP contribution >= 0.6 is 0 Å². The van der Waals surface area contributed by atoms with E-state index in [0.717, 1.165) is 0 Å². The van der Waals surface area contributed by atoms with E-state index in [-0.39, 0.29) is 86.7 Å². The molecule has 1 aliphatic carbocycles. The Morgan fingerprint density at radius 2 is 0.861 bits per heavy atom. The third kappa shape index (κ3) is 7.57. The Morgan fingerprint density at radius 1 is 0.500 bits per heavy atom. The van der Waals surface area contributed by atoms with Crippen molar-refractivity contribution in [1.29, 1.82) is 0 Å².